The van der Waals surface area contributed by atoms with Gasteiger partial charge in [0.1, 0.15) is 0 Å². The molecule has 0 fully saturated rings. The molecule has 0 aliphatic rings. The Bertz CT molecular complexity index is 389. The van der Waals surface area contributed by atoms with Crippen LogP contribution in [0.4, 0.5) is 11.4 Å². The van der Waals surface area contributed by atoms with Crippen LogP contribution in [0.2, 0.25) is 0 Å². The Morgan fingerprint density at radius 3 is 1.63 bits per heavy atom. The zero-order valence-electron chi connectivity index (χ0n) is 11.3. The summed E-state index contributed by atoms with van der Waals surface area (Å²) in [7, 11) is 0. The monoisotopic (exact) mass is 285 g/mol. The number of benzene rings is 1. The van der Waals surface area contributed by atoms with E-state index in [-0.39, 0.29) is 30.1 Å². The molecule has 19 heavy (non-hydrogen) atoms. The van der Waals surface area contributed by atoms with Crippen molar-refractivity contribution < 1.29 is 9.59 Å². The molecular formula is C13H20ClN3O2. The van der Waals surface area contributed by atoms with Crippen LogP contribution in [0.15, 0.2) is 24.3 Å². The van der Waals surface area contributed by atoms with Gasteiger partial charge in [0.25, 0.3) is 0 Å². The van der Waals surface area contributed by atoms with E-state index in [0.717, 1.165) is 0 Å². The molecule has 0 aliphatic carbocycles. The molecule has 0 saturated heterocycles. The van der Waals surface area contributed by atoms with Crippen molar-refractivity contribution in [2.24, 2.45) is 11.7 Å². The number of rotatable bonds is 4. The molecule has 1 aromatic carbocycles. The number of hydrogen-bond donors (Lipinski definition) is 3. The van der Waals surface area contributed by atoms with Gasteiger partial charge in [0.05, 0.1) is 6.04 Å². The Morgan fingerprint density at radius 1 is 0.947 bits per heavy atom. The minimum Gasteiger partial charge on any atom is -0.326 e. The van der Waals surface area contributed by atoms with E-state index in [1.54, 1.807) is 31.2 Å². The van der Waals surface area contributed by atoms with Crippen LogP contribution < -0.4 is 16.4 Å². The van der Waals surface area contributed by atoms with E-state index >= 15 is 0 Å². The smallest absolute Gasteiger partial charge is 0.240 e. The maximum Gasteiger partial charge on any atom is 0.240 e. The third-order valence-electron chi connectivity index (χ3n) is 2.36. The van der Waals surface area contributed by atoms with E-state index in [0.29, 0.717) is 11.4 Å². The first-order valence-electron chi connectivity index (χ1n) is 5.87. The highest BCUT2D eigenvalue weighted by atomic mass is 35.5. The van der Waals surface area contributed by atoms with Gasteiger partial charge in [0.15, 0.2) is 0 Å². The average Bonchev–Trinajstić information content (AvgIpc) is 2.31. The molecule has 0 bridgehead atoms. The van der Waals surface area contributed by atoms with Crippen LogP contribution >= 0.6 is 12.4 Å². The van der Waals surface area contributed by atoms with E-state index in [1.165, 1.54) is 0 Å². The first-order chi connectivity index (χ1) is 8.40. The first-order valence-corrected chi connectivity index (χ1v) is 5.87. The number of hydrogen-bond acceptors (Lipinski definition) is 3. The van der Waals surface area contributed by atoms with Crippen molar-refractivity contribution >= 4 is 35.6 Å². The Morgan fingerprint density at radius 2 is 1.32 bits per heavy atom. The number of halogens is 1. The van der Waals surface area contributed by atoms with Gasteiger partial charge in [0, 0.05) is 17.3 Å². The maximum absolute atomic E-state index is 11.5. The van der Waals surface area contributed by atoms with Gasteiger partial charge in [-0.3, -0.25) is 9.59 Å². The predicted octanol–water partition coefficient (Wildman–Crippen LogP) is 1.99. The highest BCUT2D eigenvalue weighted by Crippen LogP contribution is 2.14. The molecule has 1 atom stereocenters. The topological polar surface area (TPSA) is 84.2 Å². The largest absolute Gasteiger partial charge is 0.326 e. The summed E-state index contributed by atoms with van der Waals surface area (Å²) in [4.78, 5) is 22.8. The van der Waals surface area contributed by atoms with E-state index in [1.807, 2.05) is 13.8 Å². The highest BCUT2D eigenvalue weighted by Gasteiger charge is 2.08. The Kier molecular flexibility index (Phi) is 7.11. The van der Waals surface area contributed by atoms with Crippen LogP contribution in [-0.4, -0.2) is 17.9 Å². The lowest BCUT2D eigenvalue weighted by Crippen LogP contribution is -2.32. The quantitative estimate of drug-likeness (QED) is 0.791. The van der Waals surface area contributed by atoms with Crippen molar-refractivity contribution in [2.45, 2.75) is 26.8 Å². The standard InChI is InChI=1S/C13H19N3O2.ClH/c1-8(2)12(17)15-10-4-6-11(7-5-10)16-13(18)9(3)14;/h4-9H,14H2,1-3H3,(H,15,17)(H,16,18);1H/t9-;/m0./s1. The zero-order chi connectivity index (χ0) is 13.7. The minimum atomic E-state index is -0.551. The second-order valence-electron chi connectivity index (χ2n) is 4.50. The maximum atomic E-state index is 11.5. The molecule has 5 nitrogen and oxygen atoms in total. The summed E-state index contributed by atoms with van der Waals surface area (Å²) in [6, 6.07) is 6.35. The molecule has 1 aromatic rings. The molecule has 0 aliphatic heterocycles. The molecular weight excluding hydrogens is 266 g/mol. The summed E-state index contributed by atoms with van der Waals surface area (Å²) in [5.74, 6) is -0.348. The fraction of sp³-hybridized carbons (Fsp3) is 0.385. The van der Waals surface area contributed by atoms with Gasteiger partial charge in [-0.2, -0.15) is 0 Å². The van der Waals surface area contributed by atoms with Crippen LogP contribution in [0.1, 0.15) is 20.8 Å². The molecule has 6 heteroatoms. The molecule has 0 aromatic heterocycles. The van der Waals surface area contributed by atoms with Crippen molar-refractivity contribution in [1.29, 1.82) is 0 Å². The Hall–Kier alpha value is -1.59. The summed E-state index contributed by atoms with van der Waals surface area (Å²) in [6.07, 6.45) is 0. The molecule has 0 saturated carbocycles. The fourth-order valence-electron chi connectivity index (χ4n) is 1.18. The van der Waals surface area contributed by atoms with Crippen molar-refractivity contribution in [2.75, 3.05) is 10.6 Å². The highest BCUT2D eigenvalue weighted by molar-refractivity contribution is 5.95. The molecule has 0 spiro atoms. The van der Waals surface area contributed by atoms with Crippen molar-refractivity contribution in [1.82, 2.24) is 0 Å². The van der Waals surface area contributed by atoms with Crippen LogP contribution in [-0.2, 0) is 9.59 Å². The first kappa shape index (κ1) is 17.4. The summed E-state index contributed by atoms with van der Waals surface area (Å²) < 4.78 is 0. The molecule has 4 N–H and O–H groups in total. The Labute approximate surface area is 119 Å². The lowest BCUT2D eigenvalue weighted by atomic mass is 10.2. The third-order valence-corrected chi connectivity index (χ3v) is 2.36. The molecule has 106 valence electrons. The number of nitrogens with two attached hydrogens (primary N) is 1. The molecule has 1 rings (SSSR count). The number of anilines is 2. The Balaban J connectivity index is 0.00000324. The molecule has 0 heterocycles. The predicted molar refractivity (Wildman–Crippen MR) is 79.4 cm³/mol. The van der Waals surface area contributed by atoms with Crippen LogP contribution in [0, 0.1) is 5.92 Å². The van der Waals surface area contributed by atoms with E-state index in [4.69, 9.17) is 5.73 Å². The fourth-order valence-corrected chi connectivity index (χ4v) is 1.18. The van der Waals surface area contributed by atoms with Crippen LogP contribution in [0.3, 0.4) is 0 Å². The molecule has 0 unspecified atom stereocenters. The van der Waals surface area contributed by atoms with Crippen molar-refractivity contribution in [3.8, 4) is 0 Å². The van der Waals surface area contributed by atoms with E-state index in [2.05, 4.69) is 10.6 Å². The third kappa shape index (κ3) is 5.72. The van der Waals surface area contributed by atoms with Gasteiger partial charge in [-0.15, -0.1) is 12.4 Å². The van der Waals surface area contributed by atoms with Gasteiger partial charge in [-0.05, 0) is 31.2 Å². The summed E-state index contributed by atoms with van der Waals surface area (Å²) in [6.45, 7) is 5.27. The zero-order valence-corrected chi connectivity index (χ0v) is 12.1. The van der Waals surface area contributed by atoms with Gasteiger partial charge < -0.3 is 16.4 Å². The van der Waals surface area contributed by atoms with Gasteiger partial charge in [-0.25, -0.2) is 0 Å². The summed E-state index contributed by atoms with van der Waals surface area (Å²) >= 11 is 0. The van der Waals surface area contributed by atoms with Crippen molar-refractivity contribution in [3.05, 3.63) is 24.3 Å². The number of amides is 2. The van der Waals surface area contributed by atoms with Crippen LogP contribution in [0.5, 0.6) is 0 Å². The van der Waals surface area contributed by atoms with Crippen LogP contribution in [0.25, 0.3) is 0 Å². The van der Waals surface area contributed by atoms with Gasteiger partial charge in [0.2, 0.25) is 11.8 Å². The van der Waals surface area contributed by atoms with Gasteiger partial charge in [-0.1, -0.05) is 13.8 Å². The SMILES string of the molecule is CC(C)C(=O)Nc1ccc(NC(=O)[C@H](C)N)cc1.Cl. The molecule has 0 radical (unpaired) electrons. The normalized spacial score (nSPS) is 11.4. The second-order valence-corrected chi connectivity index (χ2v) is 4.50. The number of carbonyl (C=O) groups excluding carboxylic acids is 2. The second kappa shape index (κ2) is 7.76. The lowest BCUT2D eigenvalue weighted by Gasteiger charge is -2.10. The van der Waals surface area contributed by atoms with Gasteiger partial charge >= 0.3 is 0 Å². The van der Waals surface area contributed by atoms with E-state index in [9.17, 15) is 9.59 Å². The minimum absolute atomic E-state index is 0. The lowest BCUT2D eigenvalue weighted by molar-refractivity contribution is -0.119. The van der Waals surface area contributed by atoms with Crippen molar-refractivity contribution in [3.63, 3.8) is 0 Å². The number of carbonyl (C=O) groups is 2. The van der Waals surface area contributed by atoms with E-state index < -0.39 is 6.04 Å². The summed E-state index contributed by atoms with van der Waals surface area (Å²) in [5, 5.41) is 5.44. The number of nitrogens with one attached hydrogen (secondary N) is 2. The summed E-state index contributed by atoms with van der Waals surface area (Å²) in [5.41, 5.74) is 6.80. The molecule has 2 amide bonds. The average molecular weight is 286 g/mol.